The molecule has 0 atom stereocenters. The average Bonchev–Trinajstić information content (AvgIpc) is 3.03. The topological polar surface area (TPSA) is 66.6 Å². The van der Waals surface area contributed by atoms with Crippen molar-refractivity contribution in [3.63, 3.8) is 0 Å². The molecule has 0 saturated carbocycles. The van der Waals surface area contributed by atoms with Gasteiger partial charge in [-0.05, 0) is 49.2 Å². The predicted octanol–water partition coefficient (Wildman–Crippen LogP) is 3.75. The van der Waals surface area contributed by atoms with Gasteiger partial charge in [-0.2, -0.15) is 0 Å². The second-order valence-corrected chi connectivity index (χ2v) is 6.70. The van der Waals surface area contributed by atoms with Crippen LogP contribution in [0.15, 0.2) is 48.5 Å². The zero-order chi connectivity index (χ0) is 19.9. The number of fused-ring (bicyclic) bond motifs is 1. The SMILES string of the molecule is COc1ccc(OCCN(C)C(=O)NCCc2c(C)[nH]c3ccccc23)cc1. The molecule has 0 spiro atoms. The smallest absolute Gasteiger partial charge is 0.317 e. The number of nitrogens with one attached hydrogen (secondary N) is 2. The quantitative estimate of drug-likeness (QED) is 0.625. The second-order valence-electron chi connectivity index (χ2n) is 6.70. The Bertz CT molecular complexity index is 918. The number of aromatic nitrogens is 1. The number of aromatic amines is 1. The number of aryl methyl sites for hydroxylation is 1. The number of amides is 2. The van der Waals surface area contributed by atoms with Crippen LogP contribution in [0.3, 0.4) is 0 Å². The Hall–Kier alpha value is -3.15. The van der Waals surface area contributed by atoms with E-state index in [4.69, 9.17) is 9.47 Å². The second kappa shape index (κ2) is 9.17. The molecule has 2 N–H and O–H groups in total. The summed E-state index contributed by atoms with van der Waals surface area (Å²) in [5, 5.41) is 4.20. The molecular weight excluding hydrogens is 354 g/mol. The van der Waals surface area contributed by atoms with Gasteiger partial charge in [-0.15, -0.1) is 0 Å². The predicted molar refractivity (Wildman–Crippen MR) is 111 cm³/mol. The third-order valence-corrected chi connectivity index (χ3v) is 4.78. The van der Waals surface area contributed by atoms with Gasteiger partial charge in [0.25, 0.3) is 0 Å². The number of hydrogen-bond acceptors (Lipinski definition) is 3. The monoisotopic (exact) mass is 381 g/mol. The van der Waals surface area contributed by atoms with Crippen LogP contribution in [0.5, 0.6) is 11.5 Å². The third-order valence-electron chi connectivity index (χ3n) is 4.78. The van der Waals surface area contributed by atoms with E-state index in [0.717, 1.165) is 29.1 Å². The summed E-state index contributed by atoms with van der Waals surface area (Å²) in [6.07, 6.45) is 0.789. The number of hydrogen-bond donors (Lipinski definition) is 2. The van der Waals surface area contributed by atoms with Crippen molar-refractivity contribution in [2.75, 3.05) is 33.9 Å². The number of nitrogens with zero attached hydrogens (tertiary/aromatic N) is 1. The number of para-hydroxylation sites is 1. The molecular formula is C22H27N3O3. The van der Waals surface area contributed by atoms with Crippen LogP contribution in [0.2, 0.25) is 0 Å². The highest BCUT2D eigenvalue weighted by molar-refractivity contribution is 5.84. The Labute approximate surface area is 165 Å². The highest BCUT2D eigenvalue weighted by Crippen LogP contribution is 2.22. The molecule has 2 amide bonds. The molecule has 0 unspecified atom stereocenters. The van der Waals surface area contributed by atoms with E-state index in [1.54, 1.807) is 19.1 Å². The van der Waals surface area contributed by atoms with Crippen molar-refractivity contribution in [2.45, 2.75) is 13.3 Å². The van der Waals surface area contributed by atoms with Crippen LogP contribution >= 0.6 is 0 Å². The van der Waals surface area contributed by atoms with E-state index in [1.165, 1.54) is 10.9 Å². The molecule has 1 heterocycles. The summed E-state index contributed by atoms with van der Waals surface area (Å²) in [5.41, 5.74) is 3.53. The van der Waals surface area contributed by atoms with Crippen LogP contribution in [0.25, 0.3) is 10.9 Å². The zero-order valence-electron chi connectivity index (χ0n) is 16.6. The minimum absolute atomic E-state index is 0.101. The van der Waals surface area contributed by atoms with Crippen molar-refractivity contribution in [1.29, 1.82) is 0 Å². The molecule has 0 fully saturated rings. The standard InChI is InChI=1S/C22H27N3O3/c1-16-19(20-6-4-5-7-21(20)24-16)12-13-23-22(26)25(2)14-15-28-18-10-8-17(27-3)9-11-18/h4-11,24H,12-15H2,1-3H3,(H,23,26). The van der Waals surface area contributed by atoms with E-state index in [2.05, 4.69) is 29.4 Å². The third kappa shape index (κ3) is 4.76. The Morgan fingerprint density at radius 1 is 1.11 bits per heavy atom. The molecule has 0 aliphatic rings. The first-order chi connectivity index (χ1) is 13.6. The first-order valence-corrected chi connectivity index (χ1v) is 9.40. The summed E-state index contributed by atoms with van der Waals surface area (Å²) < 4.78 is 10.8. The number of ether oxygens (including phenoxy) is 2. The molecule has 28 heavy (non-hydrogen) atoms. The van der Waals surface area contributed by atoms with Gasteiger partial charge < -0.3 is 24.7 Å². The minimum Gasteiger partial charge on any atom is -0.497 e. The van der Waals surface area contributed by atoms with Gasteiger partial charge in [-0.1, -0.05) is 18.2 Å². The van der Waals surface area contributed by atoms with E-state index in [-0.39, 0.29) is 6.03 Å². The normalized spacial score (nSPS) is 10.7. The molecule has 0 aliphatic carbocycles. The van der Waals surface area contributed by atoms with Crippen molar-refractivity contribution >= 4 is 16.9 Å². The maximum absolute atomic E-state index is 12.3. The fourth-order valence-electron chi connectivity index (χ4n) is 3.16. The van der Waals surface area contributed by atoms with Gasteiger partial charge in [0.2, 0.25) is 0 Å². The van der Waals surface area contributed by atoms with Crippen molar-refractivity contribution in [2.24, 2.45) is 0 Å². The summed E-state index contributed by atoms with van der Waals surface area (Å²) in [5.74, 6) is 1.54. The maximum Gasteiger partial charge on any atom is 0.317 e. The summed E-state index contributed by atoms with van der Waals surface area (Å²) in [6.45, 7) is 3.59. The lowest BCUT2D eigenvalue weighted by molar-refractivity contribution is 0.195. The molecule has 3 rings (SSSR count). The van der Waals surface area contributed by atoms with Gasteiger partial charge in [-0.3, -0.25) is 0 Å². The number of H-pyrrole nitrogens is 1. The molecule has 0 radical (unpaired) electrons. The van der Waals surface area contributed by atoms with Crippen LogP contribution in [-0.4, -0.2) is 49.8 Å². The highest BCUT2D eigenvalue weighted by Gasteiger charge is 2.11. The van der Waals surface area contributed by atoms with Crippen molar-refractivity contribution in [3.05, 3.63) is 59.8 Å². The van der Waals surface area contributed by atoms with Crippen LogP contribution in [0.1, 0.15) is 11.3 Å². The lowest BCUT2D eigenvalue weighted by atomic mass is 10.1. The van der Waals surface area contributed by atoms with Gasteiger partial charge >= 0.3 is 6.03 Å². The molecule has 6 heteroatoms. The van der Waals surface area contributed by atoms with Crippen LogP contribution in [-0.2, 0) is 6.42 Å². The molecule has 148 valence electrons. The van der Waals surface area contributed by atoms with Crippen LogP contribution in [0.4, 0.5) is 4.79 Å². The van der Waals surface area contributed by atoms with E-state index in [0.29, 0.717) is 19.7 Å². The van der Waals surface area contributed by atoms with Crippen molar-refractivity contribution in [3.8, 4) is 11.5 Å². The molecule has 1 aromatic heterocycles. The minimum atomic E-state index is -0.101. The number of benzene rings is 2. The van der Waals surface area contributed by atoms with Gasteiger partial charge in [0.1, 0.15) is 18.1 Å². The highest BCUT2D eigenvalue weighted by atomic mass is 16.5. The first-order valence-electron chi connectivity index (χ1n) is 9.40. The number of likely N-dealkylation sites (N-methyl/N-ethyl adjacent to an activating group) is 1. The fraction of sp³-hybridized carbons (Fsp3) is 0.318. The van der Waals surface area contributed by atoms with Crippen molar-refractivity contribution in [1.82, 2.24) is 15.2 Å². The number of methoxy groups -OCH3 is 1. The summed E-state index contributed by atoms with van der Waals surface area (Å²) >= 11 is 0. The number of urea groups is 1. The number of rotatable bonds is 8. The molecule has 0 saturated heterocycles. The van der Waals surface area contributed by atoms with Gasteiger partial charge in [0.15, 0.2) is 0 Å². The Morgan fingerprint density at radius 3 is 2.57 bits per heavy atom. The number of carbonyl (C=O) groups excluding carboxylic acids is 1. The van der Waals surface area contributed by atoms with E-state index >= 15 is 0 Å². The summed E-state index contributed by atoms with van der Waals surface area (Å²) in [6, 6.07) is 15.5. The van der Waals surface area contributed by atoms with Gasteiger partial charge in [0, 0.05) is 30.2 Å². The molecule has 0 aliphatic heterocycles. The lowest BCUT2D eigenvalue weighted by Gasteiger charge is -2.18. The largest absolute Gasteiger partial charge is 0.497 e. The lowest BCUT2D eigenvalue weighted by Crippen LogP contribution is -2.40. The van der Waals surface area contributed by atoms with Crippen LogP contribution < -0.4 is 14.8 Å². The molecule has 3 aromatic rings. The Kier molecular flexibility index (Phi) is 6.42. The fourth-order valence-corrected chi connectivity index (χ4v) is 3.16. The van der Waals surface area contributed by atoms with E-state index in [1.807, 2.05) is 36.4 Å². The Balaban J connectivity index is 1.42. The van der Waals surface area contributed by atoms with Gasteiger partial charge in [0.05, 0.1) is 13.7 Å². The molecule has 2 aromatic carbocycles. The summed E-state index contributed by atoms with van der Waals surface area (Å²) in [7, 11) is 3.40. The van der Waals surface area contributed by atoms with E-state index in [9.17, 15) is 4.79 Å². The molecule has 6 nitrogen and oxygen atoms in total. The maximum atomic E-state index is 12.3. The summed E-state index contributed by atoms with van der Waals surface area (Å²) in [4.78, 5) is 17.3. The first kappa shape index (κ1) is 19.6. The molecule has 0 bridgehead atoms. The zero-order valence-corrected chi connectivity index (χ0v) is 16.6. The van der Waals surface area contributed by atoms with Crippen LogP contribution in [0, 0.1) is 6.92 Å². The van der Waals surface area contributed by atoms with Crippen molar-refractivity contribution < 1.29 is 14.3 Å². The van der Waals surface area contributed by atoms with E-state index < -0.39 is 0 Å². The number of carbonyl (C=O) groups is 1. The van der Waals surface area contributed by atoms with Gasteiger partial charge in [-0.25, -0.2) is 4.79 Å². The average molecular weight is 381 g/mol. The Morgan fingerprint density at radius 2 is 1.82 bits per heavy atom.